The van der Waals surface area contributed by atoms with Crippen molar-refractivity contribution in [3.05, 3.63) is 47.2 Å². The molecule has 0 aromatic heterocycles. The fraction of sp³-hybridized carbons (Fsp3) is 0.429. The van der Waals surface area contributed by atoms with Crippen molar-refractivity contribution in [3.8, 4) is 0 Å². The first-order valence-electron chi connectivity index (χ1n) is 5.89. The summed E-state index contributed by atoms with van der Waals surface area (Å²) in [5.74, 6) is 0.965. The van der Waals surface area contributed by atoms with E-state index in [0.29, 0.717) is 0 Å². The number of allylic oxidation sites excluding steroid dienone is 1. The fourth-order valence-corrected chi connectivity index (χ4v) is 1.91. The molecule has 86 valence electrons. The minimum Gasteiger partial charge on any atom is -0.497 e. The molecule has 1 aromatic rings. The lowest BCUT2D eigenvalue weighted by molar-refractivity contribution is 0.175. The molecule has 0 bridgehead atoms. The van der Waals surface area contributed by atoms with Crippen LogP contribution in [0.15, 0.2) is 36.1 Å². The van der Waals surface area contributed by atoms with Crippen molar-refractivity contribution in [2.24, 2.45) is 5.73 Å². The SMILES string of the molecule is Cc1ccc(CC(N)C2=CCCCO2)cc1. The zero-order valence-electron chi connectivity index (χ0n) is 9.78. The lowest BCUT2D eigenvalue weighted by Crippen LogP contribution is -2.28. The Balaban J connectivity index is 1.98. The zero-order chi connectivity index (χ0) is 11.4. The second kappa shape index (κ2) is 5.17. The third kappa shape index (κ3) is 2.86. The van der Waals surface area contributed by atoms with Gasteiger partial charge in [0.1, 0.15) is 5.76 Å². The maximum absolute atomic E-state index is 6.13. The third-order valence-electron chi connectivity index (χ3n) is 2.90. The number of benzene rings is 1. The highest BCUT2D eigenvalue weighted by atomic mass is 16.5. The third-order valence-corrected chi connectivity index (χ3v) is 2.90. The average molecular weight is 217 g/mol. The van der Waals surface area contributed by atoms with Gasteiger partial charge >= 0.3 is 0 Å². The summed E-state index contributed by atoms with van der Waals surface area (Å²) in [5, 5.41) is 0. The first kappa shape index (κ1) is 11.2. The molecule has 1 aliphatic rings. The number of nitrogens with two attached hydrogens (primary N) is 1. The van der Waals surface area contributed by atoms with Gasteiger partial charge in [0.15, 0.2) is 0 Å². The van der Waals surface area contributed by atoms with Gasteiger partial charge in [-0.2, -0.15) is 0 Å². The maximum atomic E-state index is 6.13. The van der Waals surface area contributed by atoms with Gasteiger partial charge in [-0.3, -0.25) is 0 Å². The lowest BCUT2D eigenvalue weighted by atomic mass is 10.0. The van der Waals surface area contributed by atoms with Crippen LogP contribution in [0.3, 0.4) is 0 Å². The standard InChI is InChI=1S/C14H19NO/c1-11-5-7-12(8-6-11)10-13(15)14-4-2-3-9-16-14/h4-8,13H,2-3,9-10,15H2,1H3. The predicted octanol–water partition coefficient (Wildman–Crippen LogP) is 2.56. The molecule has 0 amide bonds. The van der Waals surface area contributed by atoms with Gasteiger partial charge in [0, 0.05) is 0 Å². The molecule has 1 aromatic carbocycles. The Labute approximate surface area is 97.1 Å². The van der Waals surface area contributed by atoms with Gasteiger partial charge in [-0.1, -0.05) is 29.8 Å². The number of hydrogen-bond acceptors (Lipinski definition) is 2. The van der Waals surface area contributed by atoms with Crippen LogP contribution in [-0.4, -0.2) is 12.6 Å². The van der Waals surface area contributed by atoms with Crippen LogP contribution < -0.4 is 5.73 Å². The van der Waals surface area contributed by atoms with Crippen LogP contribution in [-0.2, 0) is 11.2 Å². The van der Waals surface area contributed by atoms with Crippen LogP contribution in [0.25, 0.3) is 0 Å². The summed E-state index contributed by atoms with van der Waals surface area (Å²) in [5.41, 5.74) is 8.68. The topological polar surface area (TPSA) is 35.2 Å². The normalized spacial score (nSPS) is 17.5. The second-order valence-electron chi connectivity index (χ2n) is 4.39. The molecule has 16 heavy (non-hydrogen) atoms. The smallest absolute Gasteiger partial charge is 0.109 e. The molecule has 0 saturated carbocycles. The summed E-state index contributed by atoms with van der Waals surface area (Å²) in [6, 6.07) is 8.52. The highest BCUT2D eigenvalue weighted by Crippen LogP contribution is 2.15. The Morgan fingerprint density at radius 2 is 2.06 bits per heavy atom. The van der Waals surface area contributed by atoms with Gasteiger partial charge in [0.2, 0.25) is 0 Å². The molecule has 0 radical (unpaired) electrons. The van der Waals surface area contributed by atoms with E-state index in [4.69, 9.17) is 10.5 Å². The van der Waals surface area contributed by atoms with Crippen LogP contribution >= 0.6 is 0 Å². The highest BCUT2D eigenvalue weighted by molar-refractivity contribution is 5.23. The molecule has 2 heteroatoms. The molecular weight excluding hydrogens is 198 g/mol. The quantitative estimate of drug-likeness (QED) is 0.844. The van der Waals surface area contributed by atoms with Crippen LogP contribution in [0.4, 0.5) is 0 Å². The van der Waals surface area contributed by atoms with Crippen LogP contribution in [0, 0.1) is 6.92 Å². The summed E-state index contributed by atoms with van der Waals surface area (Å²) in [7, 11) is 0. The van der Waals surface area contributed by atoms with Crippen molar-refractivity contribution < 1.29 is 4.74 Å². The molecule has 1 unspecified atom stereocenters. The largest absolute Gasteiger partial charge is 0.497 e. The minimum absolute atomic E-state index is 0.00278. The molecule has 1 heterocycles. The molecule has 0 aliphatic carbocycles. The monoisotopic (exact) mass is 217 g/mol. The van der Waals surface area contributed by atoms with Crippen LogP contribution in [0.5, 0.6) is 0 Å². The van der Waals surface area contributed by atoms with E-state index in [0.717, 1.165) is 31.6 Å². The molecule has 2 N–H and O–H groups in total. The van der Waals surface area contributed by atoms with E-state index in [1.807, 2.05) is 0 Å². The van der Waals surface area contributed by atoms with Gasteiger partial charge in [-0.05, 0) is 37.8 Å². The summed E-state index contributed by atoms with van der Waals surface area (Å²) in [4.78, 5) is 0. The van der Waals surface area contributed by atoms with E-state index in [2.05, 4.69) is 37.3 Å². The first-order chi connectivity index (χ1) is 7.75. The Kier molecular flexibility index (Phi) is 3.62. The Bertz CT molecular complexity index is 367. The second-order valence-corrected chi connectivity index (χ2v) is 4.39. The van der Waals surface area contributed by atoms with E-state index in [9.17, 15) is 0 Å². The summed E-state index contributed by atoms with van der Waals surface area (Å²) in [6.07, 6.45) is 5.19. The van der Waals surface area contributed by atoms with Crippen molar-refractivity contribution in [3.63, 3.8) is 0 Å². The Morgan fingerprint density at radius 3 is 2.69 bits per heavy atom. The molecule has 0 saturated heterocycles. The average Bonchev–Trinajstić information content (AvgIpc) is 2.33. The van der Waals surface area contributed by atoms with Gasteiger partial charge < -0.3 is 10.5 Å². The van der Waals surface area contributed by atoms with Crippen molar-refractivity contribution in [2.45, 2.75) is 32.2 Å². The van der Waals surface area contributed by atoms with Crippen molar-refractivity contribution in [1.29, 1.82) is 0 Å². The first-order valence-corrected chi connectivity index (χ1v) is 5.89. The van der Waals surface area contributed by atoms with Crippen molar-refractivity contribution >= 4 is 0 Å². The van der Waals surface area contributed by atoms with Gasteiger partial charge in [0.25, 0.3) is 0 Å². The Morgan fingerprint density at radius 1 is 1.31 bits per heavy atom. The number of ether oxygens (including phenoxy) is 1. The molecule has 2 rings (SSSR count). The lowest BCUT2D eigenvalue weighted by Gasteiger charge is -2.20. The van der Waals surface area contributed by atoms with Crippen molar-refractivity contribution in [2.75, 3.05) is 6.61 Å². The van der Waals surface area contributed by atoms with E-state index < -0.39 is 0 Å². The van der Waals surface area contributed by atoms with E-state index in [1.54, 1.807) is 0 Å². The molecular formula is C14H19NO. The molecule has 1 aliphatic heterocycles. The predicted molar refractivity (Wildman–Crippen MR) is 66.1 cm³/mol. The van der Waals surface area contributed by atoms with E-state index in [1.165, 1.54) is 11.1 Å². The van der Waals surface area contributed by atoms with E-state index in [-0.39, 0.29) is 6.04 Å². The number of aryl methyl sites for hydroxylation is 1. The molecule has 2 nitrogen and oxygen atoms in total. The Hall–Kier alpha value is -1.28. The maximum Gasteiger partial charge on any atom is 0.109 e. The summed E-state index contributed by atoms with van der Waals surface area (Å²) < 4.78 is 5.57. The zero-order valence-corrected chi connectivity index (χ0v) is 9.78. The number of hydrogen-bond donors (Lipinski definition) is 1. The summed E-state index contributed by atoms with van der Waals surface area (Å²) >= 11 is 0. The highest BCUT2D eigenvalue weighted by Gasteiger charge is 2.13. The van der Waals surface area contributed by atoms with Gasteiger partial charge in [-0.15, -0.1) is 0 Å². The summed E-state index contributed by atoms with van der Waals surface area (Å²) in [6.45, 7) is 2.91. The molecule has 1 atom stereocenters. The van der Waals surface area contributed by atoms with E-state index >= 15 is 0 Å². The molecule has 0 fully saturated rings. The van der Waals surface area contributed by atoms with Crippen LogP contribution in [0.1, 0.15) is 24.0 Å². The fourth-order valence-electron chi connectivity index (χ4n) is 1.91. The number of rotatable bonds is 3. The van der Waals surface area contributed by atoms with Gasteiger partial charge in [0.05, 0.1) is 12.6 Å². The molecule has 0 spiro atoms. The van der Waals surface area contributed by atoms with Crippen LogP contribution in [0.2, 0.25) is 0 Å². The minimum atomic E-state index is 0.00278. The van der Waals surface area contributed by atoms with Crippen molar-refractivity contribution in [1.82, 2.24) is 0 Å². The van der Waals surface area contributed by atoms with Gasteiger partial charge in [-0.25, -0.2) is 0 Å².